The first kappa shape index (κ1) is 10.4. The second kappa shape index (κ2) is 4.56. The number of carbonyl (C=O) groups is 1. The molecule has 0 saturated heterocycles. The molecule has 0 fully saturated rings. The third-order valence-electron chi connectivity index (χ3n) is 1.84. The topological polar surface area (TPSA) is 26.3 Å². The van der Waals surface area contributed by atoms with E-state index in [9.17, 15) is 9.18 Å². The summed E-state index contributed by atoms with van der Waals surface area (Å²) in [6.07, 6.45) is 0.180. The maximum Gasteiger partial charge on any atom is 0.333 e. The third kappa shape index (κ3) is 2.42. The summed E-state index contributed by atoms with van der Waals surface area (Å²) in [6.45, 7) is 3.52. The molecular weight excluding hydrogens is 183 g/mol. The van der Waals surface area contributed by atoms with E-state index in [1.54, 1.807) is 18.2 Å². The number of carbonyl (C=O) groups excluding carboxylic acids is 1. The monoisotopic (exact) mass is 194 g/mol. The summed E-state index contributed by atoms with van der Waals surface area (Å²) >= 11 is 0. The Labute approximate surface area is 82.0 Å². The molecule has 0 amide bonds. The van der Waals surface area contributed by atoms with Crippen LogP contribution in [0.5, 0.6) is 0 Å². The number of esters is 1. The number of halogens is 1. The Morgan fingerprint density at radius 2 is 2.14 bits per heavy atom. The number of benzene rings is 1. The summed E-state index contributed by atoms with van der Waals surface area (Å²) in [6, 6.07) is 6.27. The molecule has 1 aromatic rings. The minimum Gasteiger partial charge on any atom is -0.466 e. The SMILES string of the molecule is C=C(Cc1ccccc1F)C(=O)OC. The minimum atomic E-state index is -0.506. The van der Waals surface area contributed by atoms with Crippen LogP contribution in [-0.4, -0.2) is 13.1 Å². The lowest BCUT2D eigenvalue weighted by Gasteiger charge is -2.04. The van der Waals surface area contributed by atoms with Gasteiger partial charge in [0.2, 0.25) is 0 Å². The standard InChI is InChI=1S/C11H11FO2/c1-8(11(13)14-2)7-9-5-3-4-6-10(9)12/h3-6H,1,7H2,2H3. The zero-order chi connectivity index (χ0) is 10.6. The van der Waals surface area contributed by atoms with E-state index < -0.39 is 5.97 Å². The lowest BCUT2D eigenvalue weighted by Crippen LogP contribution is -2.06. The Morgan fingerprint density at radius 3 is 2.71 bits per heavy atom. The third-order valence-corrected chi connectivity index (χ3v) is 1.84. The van der Waals surface area contributed by atoms with Crippen molar-refractivity contribution in [1.82, 2.24) is 0 Å². The van der Waals surface area contributed by atoms with Crippen molar-refractivity contribution >= 4 is 5.97 Å². The van der Waals surface area contributed by atoms with Crippen molar-refractivity contribution in [2.24, 2.45) is 0 Å². The highest BCUT2D eigenvalue weighted by Gasteiger charge is 2.09. The van der Waals surface area contributed by atoms with E-state index in [0.29, 0.717) is 5.56 Å². The molecule has 0 spiro atoms. The van der Waals surface area contributed by atoms with Gasteiger partial charge in [-0.1, -0.05) is 24.8 Å². The number of ether oxygens (including phenoxy) is 1. The van der Waals surface area contributed by atoms with Crippen LogP contribution in [0.15, 0.2) is 36.4 Å². The van der Waals surface area contributed by atoms with E-state index in [1.807, 2.05) is 0 Å². The van der Waals surface area contributed by atoms with Crippen molar-refractivity contribution in [2.45, 2.75) is 6.42 Å². The Balaban J connectivity index is 2.75. The van der Waals surface area contributed by atoms with Crippen LogP contribution in [0.2, 0.25) is 0 Å². The summed E-state index contributed by atoms with van der Waals surface area (Å²) in [5.41, 5.74) is 0.695. The molecule has 0 saturated carbocycles. The Hall–Kier alpha value is -1.64. The summed E-state index contributed by atoms with van der Waals surface area (Å²) in [5, 5.41) is 0. The van der Waals surface area contributed by atoms with Crippen LogP contribution >= 0.6 is 0 Å². The highest BCUT2D eigenvalue weighted by Crippen LogP contribution is 2.11. The molecule has 74 valence electrons. The fourth-order valence-corrected chi connectivity index (χ4v) is 1.09. The van der Waals surface area contributed by atoms with Gasteiger partial charge < -0.3 is 4.74 Å². The maximum atomic E-state index is 13.1. The van der Waals surface area contributed by atoms with Crippen molar-refractivity contribution < 1.29 is 13.9 Å². The van der Waals surface area contributed by atoms with Gasteiger partial charge in [0.25, 0.3) is 0 Å². The first-order valence-corrected chi connectivity index (χ1v) is 4.14. The number of hydrogen-bond donors (Lipinski definition) is 0. The van der Waals surface area contributed by atoms with Crippen LogP contribution in [0.25, 0.3) is 0 Å². The molecule has 1 rings (SSSR count). The van der Waals surface area contributed by atoms with Crippen molar-refractivity contribution in [2.75, 3.05) is 7.11 Å². The van der Waals surface area contributed by atoms with Gasteiger partial charge in [-0.2, -0.15) is 0 Å². The predicted octanol–water partition coefficient (Wildman–Crippen LogP) is 2.10. The highest BCUT2D eigenvalue weighted by atomic mass is 19.1. The van der Waals surface area contributed by atoms with Gasteiger partial charge in [0, 0.05) is 12.0 Å². The van der Waals surface area contributed by atoms with Gasteiger partial charge in [-0.3, -0.25) is 0 Å². The second-order valence-electron chi connectivity index (χ2n) is 2.86. The van der Waals surface area contributed by atoms with E-state index >= 15 is 0 Å². The first-order valence-electron chi connectivity index (χ1n) is 4.14. The number of hydrogen-bond acceptors (Lipinski definition) is 2. The molecule has 14 heavy (non-hydrogen) atoms. The van der Waals surface area contributed by atoms with Crippen molar-refractivity contribution in [3.63, 3.8) is 0 Å². The van der Waals surface area contributed by atoms with Crippen LogP contribution in [0.3, 0.4) is 0 Å². The van der Waals surface area contributed by atoms with Crippen LogP contribution in [0.4, 0.5) is 4.39 Å². The molecular formula is C11H11FO2. The Bertz CT molecular complexity index is 358. The zero-order valence-electron chi connectivity index (χ0n) is 7.92. The molecule has 1 aromatic carbocycles. The zero-order valence-corrected chi connectivity index (χ0v) is 7.92. The van der Waals surface area contributed by atoms with Gasteiger partial charge in [-0.15, -0.1) is 0 Å². The normalized spacial score (nSPS) is 9.57. The molecule has 0 atom stereocenters. The van der Waals surface area contributed by atoms with Gasteiger partial charge >= 0.3 is 5.97 Å². The molecule has 0 heterocycles. The molecule has 0 aliphatic rings. The Kier molecular flexibility index (Phi) is 3.40. The number of methoxy groups -OCH3 is 1. The molecule has 2 nitrogen and oxygen atoms in total. The molecule has 3 heteroatoms. The fraction of sp³-hybridized carbons (Fsp3) is 0.182. The summed E-state index contributed by atoms with van der Waals surface area (Å²) in [5.74, 6) is -0.842. The van der Waals surface area contributed by atoms with Crippen LogP contribution in [0.1, 0.15) is 5.56 Å². The van der Waals surface area contributed by atoms with Crippen molar-refractivity contribution in [3.8, 4) is 0 Å². The van der Waals surface area contributed by atoms with Crippen LogP contribution in [0, 0.1) is 5.82 Å². The lowest BCUT2D eigenvalue weighted by molar-refractivity contribution is -0.136. The maximum absolute atomic E-state index is 13.1. The second-order valence-corrected chi connectivity index (χ2v) is 2.86. The van der Waals surface area contributed by atoms with Crippen LogP contribution in [-0.2, 0) is 16.0 Å². The van der Waals surface area contributed by atoms with Gasteiger partial charge in [0.1, 0.15) is 5.82 Å². The van der Waals surface area contributed by atoms with Crippen LogP contribution < -0.4 is 0 Å². The average Bonchev–Trinajstić information content (AvgIpc) is 2.20. The highest BCUT2D eigenvalue weighted by molar-refractivity contribution is 5.88. The number of rotatable bonds is 3. The largest absolute Gasteiger partial charge is 0.466 e. The first-order chi connectivity index (χ1) is 6.65. The summed E-state index contributed by atoms with van der Waals surface area (Å²) < 4.78 is 17.6. The minimum absolute atomic E-state index is 0.180. The lowest BCUT2D eigenvalue weighted by atomic mass is 10.1. The van der Waals surface area contributed by atoms with E-state index in [0.717, 1.165) is 0 Å². The smallest absolute Gasteiger partial charge is 0.333 e. The molecule has 0 radical (unpaired) electrons. The molecule has 0 aliphatic heterocycles. The molecule has 0 bridgehead atoms. The van der Waals surface area contributed by atoms with E-state index in [-0.39, 0.29) is 17.8 Å². The van der Waals surface area contributed by atoms with Gasteiger partial charge in [0.05, 0.1) is 7.11 Å². The summed E-state index contributed by atoms with van der Waals surface area (Å²) in [7, 11) is 1.27. The predicted molar refractivity (Wildman–Crippen MR) is 51.3 cm³/mol. The van der Waals surface area contributed by atoms with E-state index in [1.165, 1.54) is 13.2 Å². The van der Waals surface area contributed by atoms with Gasteiger partial charge in [-0.25, -0.2) is 9.18 Å². The quantitative estimate of drug-likeness (QED) is 0.544. The fourth-order valence-electron chi connectivity index (χ4n) is 1.09. The summed E-state index contributed by atoms with van der Waals surface area (Å²) in [4.78, 5) is 11.0. The Morgan fingerprint density at radius 1 is 1.50 bits per heavy atom. The molecule has 0 unspecified atom stereocenters. The van der Waals surface area contributed by atoms with E-state index in [2.05, 4.69) is 11.3 Å². The average molecular weight is 194 g/mol. The molecule has 0 N–H and O–H groups in total. The molecule has 0 aromatic heterocycles. The van der Waals surface area contributed by atoms with E-state index in [4.69, 9.17) is 0 Å². The van der Waals surface area contributed by atoms with Crippen molar-refractivity contribution in [1.29, 1.82) is 0 Å². The van der Waals surface area contributed by atoms with Crippen molar-refractivity contribution in [3.05, 3.63) is 47.8 Å². The molecule has 0 aliphatic carbocycles. The van der Waals surface area contributed by atoms with Gasteiger partial charge in [-0.05, 0) is 11.6 Å². The van der Waals surface area contributed by atoms with Gasteiger partial charge in [0.15, 0.2) is 0 Å².